The van der Waals surface area contributed by atoms with E-state index in [0.717, 1.165) is 5.56 Å². The number of halogens is 1. The van der Waals surface area contributed by atoms with Crippen molar-refractivity contribution in [2.75, 3.05) is 11.9 Å². The molecule has 6 heteroatoms. The van der Waals surface area contributed by atoms with E-state index in [0.29, 0.717) is 16.7 Å². The zero-order chi connectivity index (χ0) is 14.5. The first-order valence-corrected chi connectivity index (χ1v) is 7.07. The van der Waals surface area contributed by atoms with Crippen molar-refractivity contribution < 1.29 is 5.11 Å². The zero-order valence-electron chi connectivity index (χ0n) is 11.1. The fourth-order valence-electron chi connectivity index (χ4n) is 1.75. The van der Waals surface area contributed by atoms with Gasteiger partial charge in [0.1, 0.15) is 4.47 Å². The van der Waals surface area contributed by atoms with Gasteiger partial charge in [0, 0.05) is 6.54 Å². The van der Waals surface area contributed by atoms with Gasteiger partial charge in [-0.25, -0.2) is 4.68 Å². The Balaban J connectivity index is 2.12. The first kappa shape index (κ1) is 14.7. The summed E-state index contributed by atoms with van der Waals surface area (Å²) in [6.45, 7) is 2.73. The van der Waals surface area contributed by atoms with Gasteiger partial charge in [-0.2, -0.15) is 5.10 Å². The van der Waals surface area contributed by atoms with Crippen molar-refractivity contribution >= 4 is 21.6 Å². The van der Waals surface area contributed by atoms with Gasteiger partial charge in [0.2, 0.25) is 0 Å². The fraction of sp³-hybridized carbons (Fsp3) is 0.286. The molecule has 0 spiro atoms. The quantitative estimate of drug-likeness (QED) is 0.874. The molecule has 0 saturated carbocycles. The highest BCUT2D eigenvalue weighted by Gasteiger charge is 2.08. The molecule has 0 fully saturated rings. The Hall–Kier alpha value is -1.66. The van der Waals surface area contributed by atoms with Gasteiger partial charge < -0.3 is 10.4 Å². The van der Waals surface area contributed by atoms with Crippen LogP contribution in [0.4, 0.5) is 5.69 Å². The predicted molar refractivity (Wildman–Crippen MR) is 81.8 cm³/mol. The first-order valence-electron chi connectivity index (χ1n) is 6.27. The molecule has 0 radical (unpaired) electrons. The number of nitrogens with one attached hydrogen (secondary N) is 1. The zero-order valence-corrected chi connectivity index (χ0v) is 12.7. The molecule has 20 heavy (non-hydrogen) atoms. The van der Waals surface area contributed by atoms with Crippen LogP contribution >= 0.6 is 15.9 Å². The third-order valence-corrected chi connectivity index (χ3v) is 3.67. The van der Waals surface area contributed by atoms with E-state index in [1.807, 2.05) is 31.2 Å². The van der Waals surface area contributed by atoms with E-state index >= 15 is 0 Å². The van der Waals surface area contributed by atoms with Crippen LogP contribution in [-0.4, -0.2) is 21.5 Å². The lowest BCUT2D eigenvalue weighted by Gasteiger charge is -2.10. The number of aryl methyl sites for hydroxylation is 1. The maximum absolute atomic E-state index is 11.9. The first-order chi connectivity index (χ1) is 9.61. The van der Waals surface area contributed by atoms with Crippen LogP contribution in [0.2, 0.25) is 0 Å². The topological polar surface area (TPSA) is 67.2 Å². The van der Waals surface area contributed by atoms with Crippen molar-refractivity contribution in [2.45, 2.75) is 20.0 Å². The number of aliphatic hydroxyl groups is 1. The molecule has 1 heterocycles. The number of benzene rings is 1. The minimum atomic E-state index is -0.257. The molecule has 0 aliphatic heterocycles. The molecule has 1 aromatic heterocycles. The Labute approximate surface area is 125 Å². The Morgan fingerprint density at radius 3 is 2.70 bits per heavy atom. The van der Waals surface area contributed by atoms with Crippen molar-refractivity contribution in [1.82, 2.24) is 9.78 Å². The number of hydrogen-bond acceptors (Lipinski definition) is 4. The van der Waals surface area contributed by atoms with Crippen LogP contribution in [0.25, 0.3) is 0 Å². The van der Waals surface area contributed by atoms with Crippen LogP contribution in [0.1, 0.15) is 11.1 Å². The molecule has 0 aliphatic carbocycles. The highest BCUT2D eigenvalue weighted by atomic mass is 79.9. The van der Waals surface area contributed by atoms with E-state index in [-0.39, 0.29) is 18.7 Å². The summed E-state index contributed by atoms with van der Waals surface area (Å²) in [5, 5.41) is 16.0. The van der Waals surface area contributed by atoms with E-state index in [9.17, 15) is 4.79 Å². The van der Waals surface area contributed by atoms with Crippen molar-refractivity contribution in [3.63, 3.8) is 0 Å². The monoisotopic (exact) mass is 337 g/mol. The molecule has 2 N–H and O–H groups in total. The standard InChI is InChI=1S/C14H16BrN3O2/c1-10-2-4-11(5-3-10)8-16-12-9-17-18(6-7-19)14(20)13(12)15/h2-5,9,16,19H,6-8H2,1H3. The summed E-state index contributed by atoms with van der Waals surface area (Å²) in [7, 11) is 0. The van der Waals surface area contributed by atoms with Gasteiger partial charge in [-0.15, -0.1) is 0 Å². The SMILES string of the molecule is Cc1ccc(CNc2cnn(CCO)c(=O)c2Br)cc1. The van der Waals surface area contributed by atoms with Gasteiger partial charge in [-0.1, -0.05) is 29.8 Å². The van der Waals surface area contributed by atoms with Gasteiger partial charge in [0.25, 0.3) is 5.56 Å². The summed E-state index contributed by atoms with van der Waals surface area (Å²) in [5.41, 5.74) is 2.72. The highest BCUT2D eigenvalue weighted by Crippen LogP contribution is 2.17. The smallest absolute Gasteiger partial charge is 0.283 e. The van der Waals surface area contributed by atoms with Crippen molar-refractivity contribution in [3.05, 3.63) is 56.4 Å². The van der Waals surface area contributed by atoms with Gasteiger partial charge in [0.15, 0.2) is 0 Å². The molecule has 0 saturated heterocycles. The minimum Gasteiger partial charge on any atom is -0.394 e. The van der Waals surface area contributed by atoms with E-state index in [4.69, 9.17) is 5.11 Å². The Kier molecular flexibility index (Phi) is 4.92. The molecular weight excluding hydrogens is 322 g/mol. The molecule has 0 atom stereocenters. The number of hydrogen-bond donors (Lipinski definition) is 2. The van der Waals surface area contributed by atoms with E-state index in [1.165, 1.54) is 10.2 Å². The second-order valence-corrected chi connectivity index (χ2v) is 5.26. The van der Waals surface area contributed by atoms with Gasteiger partial charge >= 0.3 is 0 Å². The minimum absolute atomic E-state index is 0.116. The largest absolute Gasteiger partial charge is 0.394 e. The lowest BCUT2D eigenvalue weighted by molar-refractivity contribution is 0.266. The average molecular weight is 338 g/mol. The molecular formula is C14H16BrN3O2. The normalized spacial score (nSPS) is 10.6. The lowest BCUT2D eigenvalue weighted by Crippen LogP contribution is -2.25. The van der Waals surface area contributed by atoms with Crippen LogP contribution in [0.15, 0.2) is 39.7 Å². The molecule has 2 rings (SSSR count). The van der Waals surface area contributed by atoms with Gasteiger partial charge in [0.05, 0.1) is 25.0 Å². The summed E-state index contributed by atoms with van der Waals surface area (Å²) in [4.78, 5) is 11.9. The van der Waals surface area contributed by atoms with Gasteiger partial charge in [-0.3, -0.25) is 4.79 Å². The number of aromatic nitrogens is 2. The average Bonchev–Trinajstić information content (AvgIpc) is 2.45. The summed E-state index contributed by atoms with van der Waals surface area (Å²) in [5.74, 6) is 0. The molecule has 0 amide bonds. The molecule has 106 valence electrons. The molecule has 0 aliphatic rings. The van der Waals surface area contributed by atoms with E-state index in [2.05, 4.69) is 26.3 Å². The highest BCUT2D eigenvalue weighted by molar-refractivity contribution is 9.10. The third-order valence-electron chi connectivity index (χ3n) is 2.90. The number of anilines is 1. The summed E-state index contributed by atoms with van der Waals surface area (Å²) < 4.78 is 1.65. The fourth-order valence-corrected chi connectivity index (χ4v) is 2.19. The van der Waals surface area contributed by atoms with Crippen LogP contribution in [0.5, 0.6) is 0 Å². The molecule has 1 aromatic carbocycles. The van der Waals surface area contributed by atoms with Crippen molar-refractivity contribution in [3.8, 4) is 0 Å². The summed E-state index contributed by atoms with van der Waals surface area (Å²) in [6, 6.07) is 8.17. The molecule has 0 unspecified atom stereocenters. The molecule has 2 aromatic rings. The van der Waals surface area contributed by atoms with E-state index in [1.54, 1.807) is 6.20 Å². The summed E-state index contributed by atoms with van der Waals surface area (Å²) in [6.07, 6.45) is 1.58. The van der Waals surface area contributed by atoms with Crippen LogP contribution in [0.3, 0.4) is 0 Å². The summed E-state index contributed by atoms with van der Waals surface area (Å²) >= 11 is 3.27. The molecule has 0 bridgehead atoms. The van der Waals surface area contributed by atoms with Gasteiger partial charge in [-0.05, 0) is 28.4 Å². The van der Waals surface area contributed by atoms with Crippen molar-refractivity contribution in [2.24, 2.45) is 0 Å². The second kappa shape index (κ2) is 6.67. The third kappa shape index (κ3) is 3.46. The number of nitrogens with zero attached hydrogens (tertiary/aromatic N) is 2. The molecule has 5 nitrogen and oxygen atoms in total. The van der Waals surface area contributed by atoms with Crippen LogP contribution in [0, 0.1) is 6.92 Å². The Morgan fingerprint density at radius 2 is 2.05 bits per heavy atom. The van der Waals surface area contributed by atoms with E-state index < -0.39 is 0 Å². The maximum Gasteiger partial charge on any atom is 0.283 e. The number of aliphatic hydroxyl groups excluding tert-OH is 1. The number of rotatable bonds is 5. The lowest BCUT2D eigenvalue weighted by atomic mass is 10.1. The maximum atomic E-state index is 11.9. The Morgan fingerprint density at radius 1 is 1.35 bits per heavy atom. The Bertz CT molecular complexity index is 638. The van der Waals surface area contributed by atoms with Crippen LogP contribution in [-0.2, 0) is 13.1 Å². The van der Waals surface area contributed by atoms with Crippen LogP contribution < -0.4 is 10.9 Å². The second-order valence-electron chi connectivity index (χ2n) is 4.46. The predicted octanol–water partition coefficient (Wildman–Crippen LogP) is 1.92. The van der Waals surface area contributed by atoms with Crippen molar-refractivity contribution in [1.29, 1.82) is 0 Å².